The predicted molar refractivity (Wildman–Crippen MR) is 102 cm³/mol. The highest BCUT2D eigenvalue weighted by Gasteiger charge is 2.28. The second-order valence-electron chi connectivity index (χ2n) is 6.31. The maximum Gasteiger partial charge on any atom is 0.254 e. The number of amides is 2. The van der Waals surface area contributed by atoms with Gasteiger partial charge in [0.15, 0.2) is 0 Å². The van der Waals surface area contributed by atoms with E-state index in [1.54, 1.807) is 6.08 Å². The van der Waals surface area contributed by atoms with Gasteiger partial charge in [-0.15, -0.1) is 6.58 Å². The Morgan fingerprint density at radius 1 is 1.38 bits per heavy atom. The van der Waals surface area contributed by atoms with Gasteiger partial charge in [-0.3, -0.25) is 9.59 Å². The van der Waals surface area contributed by atoms with Gasteiger partial charge in [0.05, 0.1) is 5.41 Å². The van der Waals surface area contributed by atoms with Crippen molar-refractivity contribution in [1.82, 2.24) is 4.90 Å². The maximum atomic E-state index is 12.8. The third-order valence-electron chi connectivity index (χ3n) is 4.81. The molecule has 2 amide bonds. The molecule has 0 unspecified atom stereocenters. The minimum atomic E-state index is -0.615. The number of carbonyl (C=O) groups excluding carboxylic acids is 2. The zero-order valence-corrected chi connectivity index (χ0v) is 15.5. The Hall–Kier alpha value is -1.75. The molecule has 1 atom stereocenters. The fraction of sp³-hybridized carbons (Fsp3) is 0.474. The van der Waals surface area contributed by atoms with Crippen LogP contribution in [0.15, 0.2) is 30.9 Å². The van der Waals surface area contributed by atoms with Crippen molar-refractivity contribution in [3.05, 3.63) is 42.0 Å². The molecular weight excluding hydrogens is 320 g/mol. The summed E-state index contributed by atoms with van der Waals surface area (Å²) in [5, 5.41) is 2.97. The van der Waals surface area contributed by atoms with Crippen LogP contribution >= 0.6 is 11.8 Å². The molecule has 24 heavy (non-hydrogen) atoms. The Balaban J connectivity index is 2.23. The van der Waals surface area contributed by atoms with Gasteiger partial charge in [0.25, 0.3) is 5.91 Å². The number of nitrogens with one attached hydrogen (secondary N) is 1. The fourth-order valence-corrected chi connectivity index (χ4v) is 3.51. The molecule has 5 heteroatoms. The van der Waals surface area contributed by atoms with Gasteiger partial charge in [-0.2, -0.15) is 11.8 Å². The molecule has 1 saturated heterocycles. The number of thioether (sulfide) groups is 1. The second kappa shape index (κ2) is 7.88. The highest BCUT2D eigenvalue weighted by atomic mass is 32.2. The molecule has 1 fully saturated rings. The molecular formula is C19H26N2O2S. The third kappa shape index (κ3) is 3.83. The van der Waals surface area contributed by atoms with Gasteiger partial charge in [-0.25, -0.2) is 0 Å². The Labute approximate surface area is 148 Å². The zero-order chi connectivity index (χ0) is 17.7. The first-order valence-electron chi connectivity index (χ1n) is 8.34. The summed E-state index contributed by atoms with van der Waals surface area (Å²) >= 11 is 1.87. The minimum absolute atomic E-state index is 0.0471. The number of carbonyl (C=O) groups is 2. The SMILES string of the molecule is C=C[C@](C)(CC)C(=O)Nc1cccc(C(=O)N2CCSCC2)c1C. The quantitative estimate of drug-likeness (QED) is 0.827. The topological polar surface area (TPSA) is 49.4 Å². The van der Waals surface area contributed by atoms with Crippen LogP contribution in [0.5, 0.6) is 0 Å². The molecule has 1 aromatic carbocycles. The molecule has 0 radical (unpaired) electrons. The molecule has 1 N–H and O–H groups in total. The molecule has 0 aromatic heterocycles. The van der Waals surface area contributed by atoms with Gasteiger partial charge < -0.3 is 10.2 Å². The lowest BCUT2D eigenvalue weighted by Crippen LogP contribution is -2.38. The average molecular weight is 346 g/mol. The molecule has 4 nitrogen and oxygen atoms in total. The van der Waals surface area contributed by atoms with Crippen LogP contribution < -0.4 is 5.32 Å². The molecule has 130 valence electrons. The Kier molecular flexibility index (Phi) is 6.10. The summed E-state index contributed by atoms with van der Waals surface area (Å²) in [5.74, 6) is 1.91. The van der Waals surface area contributed by atoms with Crippen LogP contribution in [0.3, 0.4) is 0 Å². The van der Waals surface area contributed by atoms with Crippen molar-refractivity contribution in [2.75, 3.05) is 29.9 Å². The van der Waals surface area contributed by atoms with Crippen molar-refractivity contribution in [2.45, 2.75) is 27.2 Å². The zero-order valence-electron chi connectivity index (χ0n) is 14.7. The van der Waals surface area contributed by atoms with Gasteiger partial charge in [-0.1, -0.05) is 19.1 Å². The number of nitrogens with zero attached hydrogens (tertiary/aromatic N) is 1. The molecule has 1 heterocycles. The Bertz CT molecular complexity index is 638. The summed E-state index contributed by atoms with van der Waals surface area (Å²) in [5.41, 5.74) is 1.56. The van der Waals surface area contributed by atoms with Gasteiger partial charge in [-0.05, 0) is 38.0 Å². The van der Waals surface area contributed by atoms with E-state index < -0.39 is 5.41 Å². The molecule has 1 aromatic rings. The van der Waals surface area contributed by atoms with E-state index in [0.717, 1.165) is 30.2 Å². The van der Waals surface area contributed by atoms with Crippen molar-refractivity contribution < 1.29 is 9.59 Å². The molecule has 1 aliphatic heterocycles. The van der Waals surface area contributed by atoms with Crippen LogP contribution in [-0.2, 0) is 4.79 Å². The first-order valence-corrected chi connectivity index (χ1v) is 9.50. The molecule has 1 aliphatic rings. The Morgan fingerprint density at radius 2 is 2.04 bits per heavy atom. The molecule has 0 aliphatic carbocycles. The first kappa shape index (κ1) is 18.6. The Morgan fingerprint density at radius 3 is 2.62 bits per heavy atom. The van der Waals surface area contributed by atoms with Gasteiger partial charge in [0.1, 0.15) is 0 Å². The summed E-state index contributed by atoms with van der Waals surface area (Å²) in [6.07, 6.45) is 2.35. The number of benzene rings is 1. The lowest BCUT2D eigenvalue weighted by Gasteiger charge is -2.28. The van der Waals surface area contributed by atoms with Crippen molar-refractivity contribution in [3.8, 4) is 0 Å². The number of hydrogen-bond donors (Lipinski definition) is 1. The fourth-order valence-electron chi connectivity index (χ4n) is 2.60. The van der Waals surface area contributed by atoms with Gasteiger partial charge in [0.2, 0.25) is 5.91 Å². The van der Waals surface area contributed by atoms with Crippen LogP contribution in [0, 0.1) is 12.3 Å². The van der Waals surface area contributed by atoms with E-state index in [2.05, 4.69) is 11.9 Å². The number of anilines is 1. The lowest BCUT2D eigenvalue weighted by molar-refractivity contribution is -0.122. The first-order chi connectivity index (χ1) is 11.4. The van der Waals surface area contributed by atoms with Crippen LogP contribution in [0.1, 0.15) is 36.2 Å². The summed E-state index contributed by atoms with van der Waals surface area (Å²) in [6, 6.07) is 5.50. The van der Waals surface area contributed by atoms with Crippen molar-refractivity contribution in [3.63, 3.8) is 0 Å². The average Bonchev–Trinajstić information content (AvgIpc) is 2.62. The van der Waals surface area contributed by atoms with Crippen molar-refractivity contribution in [2.24, 2.45) is 5.41 Å². The third-order valence-corrected chi connectivity index (χ3v) is 5.76. The van der Waals surface area contributed by atoms with E-state index >= 15 is 0 Å². The van der Waals surface area contributed by atoms with Gasteiger partial charge >= 0.3 is 0 Å². The lowest BCUT2D eigenvalue weighted by atomic mass is 9.86. The number of hydrogen-bond acceptors (Lipinski definition) is 3. The molecule has 0 spiro atoms. The van der Waals surface area contributed by atoms with E-state index in [9.17, 15) is 9.59 Å². The minimum Gasteiger partial charge on any atom is -0.337 e. The highest BCUT2D eigenvalue weighted by molar-refractivity contribution is 7.99. The summed E-state index contributed by atoms with van der Waals surface area (Å²) < 4.78 is 0. The monoisotopic (exact) mass is 346 g/mol. The van der Waals surface area contributed by atoms with Crippen LogP contribution in [0.25, 0.3) is 0 Å². The maximum absolute atomic E-state index is 12.8. The summed E-state index contributed by atoms with van der Waals surface area (Å²) in [7, 11) is 0. The highest BCUT2D eigenvalue weighted by Crippen LogP contribution is 2.27. The van der Waals surface area contributed by atoms with Gasteiger partial charge in [0, 0.05) is 35.8 Å². The molecule has 2 rings (SSSR count). The summed E-state index contributed by atoms with van der Waals surface area (Å²) in [6.45, 7) is 11.0. The predicted octanol–water partition coefficient (Wildman–Crippen LogP) is 3.72. The number of rotatable bonds is 5. The second-order valence-corrected chi connectivity index (χ2v) is 7.54. The normalized spacial score (nSPS) is 17.0. The van der Waals surface area contributed by atoms with Crippen molar-refractivity contribution >= 4 is 29.3 Å². The van der Waals surface area contributed by atoms with E-state index in [1.807, 2.05) is 55.6 Å². The molecule has 0 bridgehead atoms. The molecule has 0 saturated carbocycles. The van der Waals surface area contributed by atoms with E-state index in [0.29, 0.717) is 17.7 Å². The van der Waals surface area contributed by atoms with Crippen LogP contribution in [0.2, 0.25) is 0 Å². The van der Waals surface area contributed by atoms with Crippen molar-refractivity contribution in [1.29, 1.82) is 0 Å². The van der Waals surface area contributed by atoms with E-state index in [1.165, 1.54) is 0 Å². The smallest absolute Gasteiger partial charge is 0.254 e. The van der Waals surface area contributed by atoms with Crippen LogP contribution in [0.4, 0.5) is 5.69 Å². The summed E-state index contributed by atoms with van der Waals surface area (Å²) in [4.78, 5) is 27.2. The van der Waals surface area contributed by atoms with Crippen LogP contribution in [-0.4, -0.2) is 41.3 Å². The van der Waals surface area contributed by atoms with E-state index in [-0.39, 0.29) is 11.8 Å². The van der Waals surface area contributed by atoms with E-state index in [4.69, 9.17) is 0 Å². The standard InChI is InChI=1S/C19H26N2O2S/c1-5-19(4,6-2)18(23)20-16-9-7-8-15(14(16)3)17(22)21-10-12-24-13-11-21/h5,7-9H,1,6,10-13H2,2-4H3,(H,20,23)/t19-/m1/s1. The largest absolute Gasteiger partial charge is 0.337 e.